The molecule has 1 unspecified atom stereocenters. The van der Waals surface area contributed by atoms with Crippen molar-refractivity contribution in [2.45, 2.75) is 17.2 Å². The van der Waals surface area contributed by atoms with Gasteiger partial charge in [0.25, 0.3) is 0 Å². The Morgan fingerprint density at radius 1 is 1.26 bits per heavy atom. The number of aromatic nitrogens is 2. The van der Waals surface area contributed by atoms with Crippen molar-refractivity contribution < 1.29 is 8.42 Å². The molecular weight excluding hydrogens is 262 g/mol. The Hall–Kier alpha value is -1.66. The Bertz CT molecular complexity index is 638. The van der Waals surface area contributed by atoms with Crippen LogP contribution in [0.25, 0.3) is 0 Å². The number of sulfonamides is 1. The molecule has 1 saturated heterocycles. The molecule has 1 fully saturated rings. The molecule has 0 saturated carbocycles. The van der Waals surface area contributed by atoms with E-state index in [9.17, 15) is 8.42 Å². The molecule has 3 rings (SSSR count). The normalized spacial score (nSPS) is 20.7. The summed E-state index contributed by atoms with van der Waals surface area (Å²) in [5, 5.41) is 6.25. The summed E-state index contributed by atoms with van der Waals surface area (Å²) in [5.41, 5.74) is 1.20. The van der Waals surface area contributed by atoms with Gasteiger partial charge in [0.15, 0.2) is 0 Å². The van der Waals surface area contributed by atoms with Crippen molar-refractivity contribution >= 4 is 10.0 Å². The number of aromatic amines is 1. The highest BCUT2D eigenvalue weighted by atomic mass is 32.2. The molecule has 5 nitrogen and oxygen atoms in total. The standard InChI is InChI=1S/C13H15N3O2S/c17-19(18,13-8-14-15-9-13)16-7-6-12(10-16)11-4-2-1-3-5-11/h1-5,8-9,12H,6-7,10H2,(H,14,15). The number of hydrogen-bond acceptors (Lipinski definition) is 3. The van der Waals surface area contributed by atoms with Gasteiger partial charge in [-0.05, 0) is 17.9 Å². The number of rotatable bonds is 3. The molecule has 100 valence electrons. The van der Waals surface area contributed by atoms with E-state index < -0.39 is 10.0 Å². The van der Waals surface area contributed by atoms with Crippen LogP contribution >= 0.6 is 0 Å². The molecule has 0 aliphatic carbocycles. The van der Waals surface area contributed by atoms with E-state index in [0.717, 1.165) is 6.42 Å². The van der Waals surface area contributed by atoms with Crippen LogP contribution in [0.3, 0.4) is 0 Å². The van der Waals surface area contributed by atoms with E-state index in [1.807, 2.05) is 18.2 Å². The van der Waals surface area contributed by atoms with E-state index in [-0.39, 0.29) is 10.8 Å². The molecule has 0 bridgehead atoms. The zero-order valence-electron chi connectivity index (χ0n) is 10.4. The van der Waals surface area contributed by atoms with Gasteiger partial charge >= 0.3 is 0 Å². The lowest BCUT2D eigenvalue weighted by Crippen LogP contribution is -2.28. The molecule has 0 amide bonds. The molecule has 1 atom stereocenters. The number of benzene rings is 1. The second kappa shape index (κ2) is 4.79. The fourth-order valence-electron chi connectivity index (χ4n) is 2.47. The minimum absolute atomic E-state index is 0.237. The van der Waals surface area contributed by atoms with Gasteiger partial charge in [0.2, 0.25) is 10.0 Å². The summed E-state index contributed by atoms with van der Waals surface area (Å²) in [4.78, 5) is 0.237. The molecule has 2 heterocycles. The number of hydrogen-bond donors (Lipinski definition) is 1. The van der Waals surface area contributed by atoms with Crippen LogP contribution in [0, 0.1) is 0 Å². The molecule has 1 aliphatic rings. The zero-order chi connectivity index (χ0) is 13.3. The predicted molar refractivity (Wildman–Crippen MR) is 71.1 cm³/mol. The van der Waals surface area contributed by atoms with Crippen LogP contribution in [-0.4, -0.2) is 36.0 Å². The molecular formula is C13H15N3O2S. The molecule has 2 aromatic rings. The zero-order valence-corrected chi connectivity index (χ0v) is 11.2. The molecule has 1 aromatic carbocycles. The predicted octanol–water partition coefficient (Wildman–Crippen LogP) is 1.59. The molecule has 1 aromatic heterocycles. The van der Waals surface area contributed by atoms with E-state index in [4.69, 9.17) is 0 Å². The third-order valence-electron chi connectivity index (χ3n) is 3.53. The van der Waals surface area contributed by atoms with Crippen molar-refractivity contribution in [2.75, 3.05) is 13.1 Å². The highest BCUT2D eigenvalue weighted by Crippen LogP contribution is 2.30. The van der Waals surface area contributed by atoms with Crippen molar-refractivity contribution in [3.63, 3.8) is 0 Å². The SMILES string of the molecule is O=S(=O)(c1cn[nH]c1)N1CCC(c2ccccc2)C1. The first-order valence-corrected chi connectivity index (χ1v) is 7.66. The number of nitrogens with one attached hydrogen (secondary N) is 1. The van der Waals surface area contributed by atoms with E-state index >= 15 is 0 Å². The quantitative estimate of drug-likeness (QED) is 0.926. The van der Waals surface area contributed by atoms with Gasteiger partial charge in [0.05, 0.1) is 6.20 Å². The summed E-state index contributed by atoms with van der Waals surface area (Å²) in [5.74, 6) is 0.280. The molecule has 0 spiro atoms. The molecule has 1 N–H and O–H groups in total. The molecule has 1 aliphatic heterocycles. The third-order valence-corrected chi connectivity index (χ3v) is 5.36. The van der Waals surface area contributed by atoms with E-state index in [1.165, 1.54) is 22.3 Å². The maximum Gasteiger partial charge on any atom is 0.246 e. The van der Waals surface area contributed by atoms with E-state index in [2.05, 4.69) is 22.3 Å². The first kappa shape index (κ1) is 12.4. The Balaban J connectivity index is 1.80. The first-order chi connectivity index (χ1) is 9.18. The summed E-state index contributed by atoms with van der Waals surface area (Å²) < 4.78 is 26.2. The fourth-order valence-corrected chi connectivity index (χ4v) is 3.88. The maximum absolute atomic E-state index is 12.3. The first-order valence-electron chi connectivity index (χ1n) is 6.22. The highest BCUT2D eigenvalue weighted by Gasteiger charge is 2.33. The van der Waals surface area contributed by atoms with Crippen molar-refractivity contribution in [1.29, 1.82) is 0 Å². The lowest BCUT2D eigenvalue weighted by Gasteiger charge is -2.15. The summed E-state index contributed by atoms with van der Waals surface area (Å²) >= 11 is 0. The van der Waals surface area contributed by atoms with Gasteiger partial charge in [-0.25, -0.2) is 8.42 Å². The second-order valence-corrected chi connectivity index (χ2v) is 6.63. The molecule has 0 radical (unpaired) electrons. The Morgan fingerprint density at radius 2 is 2.05 bits per heavy atom. The minimum atomic E-state index is -3.40. The lowest BCUT2D eigenvalue weighted by molar-refractivity contribution is 0.473. The summed E-state index contributed by atoms with van der Waals surface area (Å²) in [6, 6.07) is 10.1. The number of nitrogens with zero attached hydrogens (tertiary/aromatic N) is 2. The van der Waals surface area contributed by atoms with Crippen molar-refractivity contribution in [3.8, 4) is 0 Å². The summed E-state index contributed by atoms with van der Waals surface area (Å²) in [6.07, 6.45) is 3.64. The van der Waals surface area contributed by atoms with Crippen molar-refractivity contribution in [1.82, 2.24) is 14.5 Å². The van der Waals surface area contributed by atoms with Gasteiger partial charge < -0.3 is 0 Å². The van der Waals surface area contributed by atoms with Crippen LogP contribution < -0.4 is 0 Å². The molecule has 6 heteroatoms. The summed E-state index contributed by atoms with van der Waals surface area (Å²) in [6.45, 7) is 1.10. The van der Waals surface area contributed by atoms with Gasteiger partial charge in [0.1, 0.15) is 4.90 Å². The van der Waals surface area contributed by atoms with Crippen LogP contribution in [0.5, 0.6) is 0 Å². The fraction of sp³-hybridized carbons (Fsp3) is 0.308. The van der Waals surface area contributed by atoms with Crippen LogP contribution in [0.2, 0.25) is 0 Å². The van der Waals surface area contributed by atoms with Crippen LogP contribution in [-0.2, 0) is 10.0 Å². The van der Waals surface area contributed by atoms with Crippen LogP contribution in [0.4, 0.5) is 0 Å². The van der Waals surface area contributed by atoms with E-state index in [0.29, 0.717) is 13.1 Å². The third kappa shape index (κ3) is 2.29. The minimum Gasteiger partial charge on any atom is -0.284 e. The summed E-state index contributed by atoms with van der Waals surface area (Å²) in [7, 11) is -3.40. The Labute approximate surface area is 112 Å². The topological polar surface area (TPSA) is 66.1 Å². The van der Waals surface area contributed by atoms with Gasteiger partial charge in [-0.1, -0.05) is 30.3 Å². The van der Waals surface area contributed by atoms with Gasteiger partial charge in [-0.3, -0.25) is 5.10 Å². The van der Waals surface area contributed by atoms with E-state index in [1.54, 1.807) is 0 Å². The molecule has 19 heavy (non-hydrogen) atoms. The van der Waals surface area contributed by atoms with Gasteiger partial charge in [-0.2, -0.15) is 9.40 Å². The lowest BCUT2D eigenvalue weighted by atomic mass is 9.99. The van der Waals surface area contributed by atoms with Gasteiger partial charge in [-0.15, -0.1) is 0 Å². The van der Waals surface area contributed by atoms with Crippen LogP contribution in [0.1, 0.15) is 17.9 Å². The average Bonchev–Trinajstić information content (AvgIpc) is 3.12. The van der Waals surface area contributed by atoms with Crippen LogP contribution in [0.15, 0.2) is 47.6 Å². The monoisotopic (exact) mass is 277 g/mol. The van der Waals surface area contributed by atoms with Crippen molar-refractivity contribution in [3.05, 3.63) is 48.3 Å². The Morgan fingerprint density at radius 3 is 2.74 bits per heavy atom. The number of H-pyrrole nitrogens is 1. The highest BCUT2D eigenvalue weighted by molar-refractivity contribution is 7.89. The smallest absolute Gasteiger partial charge is 0.246 e. The Kier molecular flexibility index (Phi) is 3.12. The van der Waals surface area contributed by atoms with Gasteiger partial charge in [0, 0.05) is 19.3 Å². The van der Waals surface area contributed by atoms with Crippen molar-refractivity contribution in [2.24, 2.45) is 0 Å². The maximum atomic E-state index is 12.3. The second-order valence-electron chi connectivity index (χ2n) is 4.69. The average molecular weight is 277 g/mol. The largest absolute Gasteiger partial charge is 0.284 e.